The van der Waals surface area contributed by atoms with Crippen LogP contribution in [-0.2, 0) is 16.1 Å². The Morgan fingerprint density at radius 2 is 1.94 bits per heavy atom. The largest absolute Gasteiger partial charge is 0.399 e. The molecule has 0 aromatic heterocycles. The Bertz CT molecular complexity index is 289. The van der Waals surface area contributed by atoms with Crippen molar-refractivity contribution in [1.82, 2.24) is 0 Å². The van der Waals surface area contributed by atoms with Gasteiger partial charge in [-0.2, -0.15) is 0 Å². The fraction of sp³-hybridized carbons (Fsp3) is 0.538. The minimum atomic E-state index is 0.599. The maximum absolute atomic E-state index is 5.66. The second kappa shape index (κ2) is 8.13. The third-order valence-electron chi connectivity index (χ3n) is 2.23. The predicted octanol–water partition coefficient (Wildman–Crippen LogP) is 2.60. The highest BCUT2D eigenvalue weighted by Gasteiger charge is 1.94. The van der Waals surface area contributed by atoms with E-state index >= 15 is 0 Å². The van der Waals surface area contributed by atoms with E-state index in [4.69, 9.17) is 15.2 Å². The van der Waals surface area contributed by atoms with E-state index in [-0.39, 0.29) is 0 Å². The summed E-state index contributed by atoms with van der Waals surface area (Å²) in [6.45, 7) is 4.89. The van der Waals surface area contributed by atoms with Gasteiger partial charge in [-0.25, -0.2) is 0 Å². The van der Waals surface area contributed by atoms with Crippen molar-refractivity contribution < 1.29 is 9.47 Å². The molecule has 16 heavy (non-hydrogen) atoms. The first-order chi connectivity index (χ1) is 7.83. The Morgan fingerprint density at radius 3 is 2.69 bits per heavy atom. The minimum absolute atomic E-state index is 0.599. The van der Waals surface area contributed by atoms with E-state index in [0.717, 1.165) is 24.3 Å². The number of nitrogen functional groups attached to an aromatic ring is 1. The van der Waals surface area contributed by atoms with Crippen LogP contribution in [0, 0.1) is 0 Å². The van der Waals surface area contributed by atoms with Crippen LogP contribution >= 0.6 is 0 Å². The zero-order valence-electron chi connectivity index (χ0n) is 9.95. The number of hydrogen-bond donors (Lipinski definition) is 1. The average Bonchev–Trinajstić information content (AvgIpc) is 2.28. The van der Waals surface area contributed by atoms with Gasteiger partial charge in [0.05, 0.1) is 19.8 Å². The SMILES string of the molecule is CCCCOCCOCc1cccc(N)c1. The first-order valence-corrected chi connectivity index (χ1v) is 5.83. The lowest BCUT2D eigenvalue weighted by Gasteiger charge is -2.06. The van der Waals surface area contributed by atoms with Gasteiger partial charge in [-0.15, -0.1) is 0 Å². The van der Waals surface area contributed by atoms with Crippen LogP contribution in [0.2, 0.25) is 0 Å². The van der Waals surface area contributed by atoms with Gasteiger partial charge in [-0.3, -0.25) is 0 Å². The highest BCUT2D eigenvalue weighted by molar-refractivity contribution is 5.40. The summed E-state index contributed by atoms with van der Waals surface area (Å²) in [5, 5.41) is 0. The number of unbranched alkanes of at least 4 members (excludes halogenated alkanes) is 1. The van der Waals surface area contributed by atoms with E-state index in [0.29, 0.717) is 19.8 Å². The highest BCUT2D eigenvalue weighted by atomic mass is 16.5. The molecule has 90 valence electrons. The summed E-state index contributed by atoms with van der Waals surface area (Å²) in [4.78, 5) is 0. The van der Waals surface area contributed by atoms with Crippen LogP contribution in [0.1, 0.15) is 25.3 Å². The second-order valence-electron chi connectivity index (χ2n) is 3.76. The summed E-state index contributed by atoms with van der Waals surface area (Å²) >= 11 is 0. The number of benzene rings is 1. The molecule has 1 rings (SSSR count). The molecule has 0 heterocycles. The quantitative estimate of drug-likeness (QED) is 0.544. The standard InChI is InChI=1S/C13H21NO2/c1-2-3-7-15-8-9-16-11-12-5-4-6-13(14)10-12/h4-6,10H,2-3,7-9,11,14H2,1H3. The maximum atomic E-state index is 5.66. The van der Waals surface area contributed by atoms with Crippen molar-refractivity contribution in [3.63, 3.8) is 0 Å². The molecule has 2 N–H and O–H groups in total. The van der Waals surface area contributed by atoms with Crippen molar-refractivity contribution in [3.8, 4) is 0 Å². The summed E-state index contributed by atoms with van der Waals surface area (Å²) < 4.78 is 10.9. The summed E-state index contributed by atoms with van der Waals surface area (Å²) in [5.74, 6) is 0. The third-order valence-corrected chi connectivity index (χ3v) is 2.23. The van der Waals surface area contributed by atoms with Gasteiger partial charge in [0, 0.05) is 12.3 Å². The molecule has 0 atom stereocenters. The Balaban J connectivity index is 2.03. The van der Waals surface area contributed by atoms with Crippen LogP contribution in [-0.4, -0.2) is 19.8 Å². The highest BCUT2D eigenvalue weighted by Crippen LogP contribution is 2.07. The van der Waals surface area contributed by atoms with E-state index < -0.39 is 0 Å². The van der Waals surface area contributed by atoms with Crippen LogP contribution < -0.4 is 5.73 Å². The first-order valence-electron chi connectivity index (χ1n) is 5.83. The van der Waals surface area contributed by atoms with Gasteiger partial charge in [-0.1, -0.05) is 25.5 Å². The molecule has 0 aliphatic rings. The van der Waals surface area contributed by atoms with Gasteiger partial charge in [0.25, 0.3) is 0 Å². The summed E-state index contributed by atoms with van der Waals surface area (Å²) in [7, 11) is 0. The van der Waals surface area contributed by atoms with E-state index in [9.17, 15) is 0 Å². The molecular formula is C13H21NO2. The van der Waals surface area contributed by atoms with E-state index in [1.165, 1.54) is 6.42 Å². The van der Waals surface area contributed by atoms with Crippen molar-refractivity contribution in [2.75, 3.05) is 25.6 Å². The van der Waals surface area contributed by atoms with Gasteiger partial charge in [-0.05, 0) is 24.1 Å². The molecule has 0 unspecified atom stereocenters. The predicted molar refractivity (Wildman–Crippen MR) is 66.2 cm³/mol. The molecule has 1 aromatic rings. The average molecular weight is 223 g/mol. The molecule has 0 aliphatic carbocycles. The summed E-state index contributed by atoms with van der Waals surface area (Å²) in [6, 6.07) is 7.75. The Labute approximate surface area is 97.6 Å². The Hall–Kier alpha value is -1.06. The molecular weight excluding hydrogens is 202 g/mol. The van der Waals surface area contributed by atoms with Crippen molar-refractivity contribution >= 4 is 5.69 Å². The lowest BCUT2D eigenvalue weighted by atomic mass is 10.2. The number of nitrogens with two attached hydrogens (primary N) is 1. The van der Waals surface area contributed by atoms with Gasteiger partial charge in [0.2, 0.25) is 0 Å². The number of ether oxygens (including phenoxy) is 2. The monoisotopic (exact) mass is 223 g/mol. The van der Waals surface area contributed by atoms with E-state index in [1.54, 1.807) is 0 Å². The van der Waals surface area contributed by atoms with E-state index in [1.807, 2.05) is 24.3 Å². The van der Waals surface area contributed by atoms with Crippen molar-refractivity contribution in [1.29, 1.82) is 0 Å². The molecule has 0 fully saturated rings. The molecule has 0 saturated carbocycles. The van der Waals surface area contributed by atoms with Gasteiger partial charge >= 0.3 is 0 Å². The molecule has 0 bridgehead atoms. The topological polar surface area (TPSA) is 44.5 Å². The molecule has 1 aromatic carbocycles. The maximum Gasteiger partial charge on any atom is 0.0718 e. The van der Waals surface area contributed by atoms with Gasteiger partial charge in [0.1, 0.15) is 0 Å². The molecule has 3 nitrogen and oxygen atoms in total. The molecule has 0 amide bonds. The number of rotatable bonds is 8. The molecule has 0 spiro atoms. The number of anilines is 1. The molecule has 3 heteroatoms. The van der Waals surface area contributed by atoms with Gasteiger partial charge < -0.3 is 15.2 Å². The Morgan fingerprint density at radius 1 is 1.12 bits per heavy atom. The molecule has 0 aliphatic heterocycles. The third kappa shape index (κ3) is 5.73. The smallest absolute Gasteiger partial charge is 0.0718 e. The van der Waals surface area contributed by atoms with Crippen LogP contribution in [0.3, 0.4) is 0 Å². The van der Waals surface area contributed by atoms with Crippen molar-refractivity contribution in [2.24, 2.45) is 0 Å². The van der Waals surface area contributed by atoms with Crippen molar-refractivity contribution in [2.45, 2.75) is 26.4 Å². The zero-order chi connectivity index (χ0) is 11.6. The summed E-state index contributed by atoms with van der Waals surface area (Å²) in [6.07, 6.45) is 2.29. The number of hydrogen-bond acceptors (Lipinski definition) is 3. The summed E-state index contributed by atoms with van der Waals surface area (Å²) in [5.41, 5.74) is 7.55. The minimum Gasteiger partial charge on any atom is -0.399 e. The fourth-order valence-electron chi connectivity index (χ4n) is 1.34. The molecule has 0 radical (unpaired) electrons. The lowest BCUT2D eigenvalue weighted by molar-refractivity contribution is 0.0397. The normalized spacial score (nSPS) is 10.6. The van der Waals surface area contributed by atoms with Gasteiger partial charge in [0.15, 0.2) is 0 Å². The molecule has 0 saturated heterocycles. The van der Waals surface area contributed by atoms with Crippen LogP contribution in [0.15, 0.2) is 24.3 Å². The zero-order valence-corrected chi connectivity index (χ0v) is 9.95. The van der Waals surface area contributed by atoms with Crippen molar-refractivity contribution in [3.05, 3.63) is 29.8 Å². The van der Waals surface area contributed by atoms with Crippen LogP contribution in [0.4, 0.5) is 5.69 Å². The van der Waals surface area contributed by atoms with Crippen LogP contribution in [0.25, 0.3) is 0 Å². The van der Waals surface area contributed by atoms with E-state index in [2.05, 4.69) is 6.92 Å². The Kier molecular flexibility index (Phi) is 6.61. The first kappa shape index (κ1) is 13.0. The lowest BCUT2D eigenvalue weighted by Crippen LogP contribution is -2.05. The fourth-order valence-corrected chi connectivity index (χ4v) is 1.34. The van der Waals surface area contributed by atoms with Crippen LogP contribution in [0.5, 0.6) is 0 Å². The second-order valence-corrected chi connectivity index (χ2v) is 3.76.